The molecule has 0 N–H and O–H groups in total. The Labute approximate surface area is 274 Å². The number of hydrogen-bond acceptors (Lipinski definition) is 6. The molecule has 2 aliphatic rings. The third-order valence-electron chi connectivity index (χ3n) is 9.01. The number of carbonyl (C=O) groups excluding carboxylic acids is 4. The summed E-state index contributed by atoms with van der Waals surface area (Å²) in [4.78, 5) is 57.4. The predicted molar refractivity (Wildman–Crippen MR) is 177 cm³/mol. The van der Waals surface area contributed by atoms with Crippen LogP contribution in [-0.2, 0) is 41.9 Å². The first-order chi connectivity index (χ1) is 22.4. The van der Waals surface area contributed by atoms with Crippen molar-refractivity contribution < 1.29 is 28.7 Å². The molecule has 8 nitrogen and oxygen atoms in total. The lowest BCUT2D eigenvalue weighted by atomic mass is 9.94. The van der Waals surface area contributed by atoms with Crippen molar-refractivity contribution in [3.63, 3.8) is 0 Å². The van der Waals surface area contributed by atoms with E-state index >= 15 is 0 Å². The Morgan fingerprint density at radius 2 is 1.07 bits per heavy atom. The van der Waals surface area contributed by atoms with Gasteiger partial charge in [-0.25, -0.2) is 9.59 Å². The van der Waals surface area contributed by atoms with Crippen LogP contribution >= 0.6 is 0 Å². The molecule has 2 aliphatic heterocycles. The van der Waals surface area contributed by atoms with E-state index in [4.69, 9.17) is 9.47 Å². The molecule has 0 radical (unpaired) electrons. The van der Waals surface area contributed by atoms with Gasteiger partial charge in [-0.1, -0.05) is 112 Å². The Balaban J connectivity index is 1.43. The van der Waals surface area contributed by atoms with Crippen LogP contribution < -0.4 is 0 Å². The molecule has 2 unspecified atom stereocenters. The lowest BCUT2D eigenvalue weighted by molar-refractivity contribution is -0.155. The van der Waals surface area contributed by atoms with Crippen molar-refractivity contribution in [1.29, 1.82) is 0 Å². The van der Waals surface area contributed by atoms with E-state index in [1.54, 1.807) is 9.80 Å². The van der Waals surface area contributed by atoms with Gasteiger partial charge in [0.25, 0.3) is 0 Å². The Bertz CT molecular complexity index is 1200. The molecule has 248 valence electrons. The Kier molecular flexibility index (Phi) is 13.9. The Morgan fingerprint density at radius 3 is 1.43 bits per heavy atom. The highest BCUT2D eigenvalue weighted by Gasteiger charge is 2.39. The van der Waals surface area contributed by atoms with E-state index < -0.39 is 23.9 Å². The highest BCUT2D eigenvalue weighted by atomic mass is 16.5. The van der Waals surface area contributed by atoms with Gasteiger partial charge in [-0.05, 0) is 49.7 Å². The van der Waals surface area contributed by atoms with Crippen molar-refractivity contribution in [3.8, 4) is 0 Å². The van der Waals surface area contributed by atoms with Crippen LogP contribution in [0.4, 0.5) is 0 Å². The van der Waals surface area contributed by atoms with Crippen molar-refractivity contribution in [2.24, 2.45) is 11.8 Å². The molecule has 2 fully saturated rings. The van der Waals surface area contributed by atoms with Gasteiger partial charge in [-0.2, -0.15) is 0 Å². The van der Waals surface area contributed by atoms with Gasteiger partial charge in [0.1, 0.15) is 25.3 Å². The molecule has 0 aliphatic carbocycles. The van der Waals surface area contributed by atoms with E-state index in [1.165, 1.54) is 0 Å². The number of hydrogen-bond donors (Lipinski definition) is 0. The average Bonchev–Trinajstić information content (AvgIpc) is 3.79. The van der Waals surface area contributed by atoms with Crippen LogP contribution in [0, 0.1) is 11.8 Å². The van der Waals surface area contributed by atoms with Gasteiger partial charge in [0, 0.05) is 13.1 Å². The molecule has 0 saturated carbocycles. The van der Waals surface area contributed by atoms with Gasteiger partial charge in [0.05, 0.1) is 11.8 Å². The average molecular weight is 631 g/mol. The van der Waals surface area contributed by atoms with Crippen molar-refractivity contribution in [1.82, 2.24) is 9.80 Å². The monoisotopic (exact) mass is 630 g/mol. The number of ether oxygens (including phenoxy) is 2. The molecule has 0 spiro atoms. The number of carbonyl (C=O) groups is 4. The second kappa shape index (κ2) is 18.3. The second-order valence-corrected chi connectivity index (χ2v) is 12.4. The van der Waals surface area contributed by atoms with E-state index in [-0.39, 0.29) is 37.0 Å². The van der Waals surface area contributed by atoms with Gasteiger partial charge in [-0.15, -0.1) is 0 Å². The van der Waals surface area contributed by atoms with E-state index in [1.807, 2.05) is 72.8 Å². The maximum Gasteiger partial charge on any atom is 0.329 e. The number of amides is 2. The maximum atomic E-state index is 13.9. The number of unbranched alkanes of at least 4 members (excludes halogenated alkanes) is 2. The van der Waals surface area contributed by atoms with Gasteiger partial charge in [0.15, 0.2) is 0 Å². The normalized spacial score (nSPS) is 19.3. The van der Waals surface area contributed by atoms with Crippen LogP contribution in [-0.4, -0.2) is 58.7 Å². The fourth-order valence-electron chi connectivity index (χ4n) is 6.35. The SMILES string of the molecule is CCCCC(/C=C/C(CCCC)C(=O)N1CCC[C@@H]1C(=O)OCc1ccccc1)C(=O)N1CCC[C@@H]1C(=O)OCc1ccccc1. The number of benzene rings is 2. The fraction of sp³-hybridized carbons (Fsp3) is 0.526. The standard InChI is InChI=1S/C38H50N2O6/c1-3-5-19-31(35(41)39-25-13-21-33(39)37(43)45-27-29-15-9-7-10-16-29)23-24-32(20-6-4-2)36(42)40-26-14-22-34(40)38(44)46-28-30-17-11-8-12-18-30/h7-12,15-18,23-24,31-34H,3-6,13-14,19-22,25-28H2,1-2H3/b24-23+/t31?,32?,33-,34-/m1/s1. The summed E-state index contributed by atoms with van der Waals surface area (Å²) in [5.74, 6) is -1.80. The van der Waals surface area contributed by atoms with Gasteiger partial charge in [-0.3, -0.25) is 9.59 Å². The van der Waals surface area contributed by atoms with Crippen LogP contribution in [0.25, 0.3) is 0 Å². The van der Waals surface area contributed by atoms with Gasteiger partial charge < -0.3 is 19.3 Å². The lowest BCUT2D eigenvalue weighted by Gasteiger charge is -2.28. The van der Waals surface area contributed by atoms with Crippen LogP contribution in [0.2, 0.25) is 0 Å². The quantitative estimate of drug-likeness (QED) is 0.153. The first kappa shape index (κ1) is 34.9. The third kappa shape index (κ3) is 9.78. The molecule has 0 aromatic heterocycles. The molecule has 2 saturated heterocycles. The summed E-state index contributed by atoms with van der Waals surface area (Å²) < 4.78 is 11.2. The Morgan fingerprint density at radius 1 is 0.674 bits per heavy atom. The van der Waals surface area contributed by atoms with Crippen LogP contribution in [0.3, 0.4) is 0 Å². The minimum Gasteiger partial charge on any atom is -0.459 e. The molecule has 2 heterocycles. The molecule has 8 heteroatoms. The highest BCUT2D eigenvalue weighted by molar-refractivity contribution is 5.89. The van der Waals surface area contributed by atoms with E-state index in [0.29, 0.717) is 38.8 Å². The maximum absolute atomic E-state index is 13.9. The van der Waals surface area contributed by atoms with E-state index in [9.17, 15) is 19.2 Å². The van der Waals surface area contributed by atoms with Crippen molar-refractivity contribution in [3.05, 3.63) is 83.9 Å². The summed E-state index contributed by atoms with van der Waals surface area (Å²) in [6.45, 7) is 5.55. The van der Waals surface area contributed by atoms with E-state index in [2.05, 4.69) is 13.8 Å². The van der Waals surface area contributed by atoms with Crippen molar-refractivity contribution in [2.75, 3.05) is 13.1 Å². The Hall–Kier alpha value is -3.94. The van der Waals surface area contributed by atoms with E-state index in [0.717, 1.165) is 49.7 Å². The minimum absolute atomic E-state index is 0.0888. The number of likely N-dealkylation sites (tertiary alicyclic amines) is 2. The molecular weight excluding hydrogens is 580 g/mol. The first-order valence-corrected chi connectivity index (χ1v) is 17.1. The summed E-state index contributed by atoms with van der Waals surface area (Å²) >= 11 is 0. The first-order valence-electron chi connectivity index (χ1n) is 17.1. The summed E-state index contributed by atoms with van der Waals surface area (Å²) in [7, 11) is 0. The van der Waals surface area contributed by atoms with Gasteiger partial charge >= 0.3 is 11.9 Å². The van der Waals surface area contributed by atoms with Crippen molar-refractivity contribution >= 4 is 23.8 Å². The molecule has 4 rings (SSSR count). The third-order valence-corrected chi connectivity index (χ3v) is 9.01. The zero-order valence-corrected chi connectivity index (χ0v) is 27.5. The molecule has 2 amide bonds. The molecule has 2 aromatic rings. The molecule has 2 aromatic carbocycles. The number of esters is 2. The summed E-state index contributed by atoms with van der Waals surface area (Å²) in [5.41, 5.74) is 1.81. The summed E-state index contributed by atoms with van der Waals surface area (Å²) in [6.07, 6.45) is 11.3. The molecule has 46 heavy (non-hydrogen) atoms. The topological polar surface area (TPSA) is 93.2 Å². The summed E-state index contributed by atoms with van der Waals surface area (Å²) in [6, 6.07) is 17.9. The molecule has 0 bridgehead atoms. The van der Waals surface area contributed by atoms with Crippen LogP contribution in [0.5, 0.6) is 0 Å². The summed E-state index contributed by atoms with van der Waals surface area (Å²) in [5, 5.41) is 0. The number of rotatable bonds is 16. The minimum atomic E-state index is -0.599. The zero-order chi connectivity index (χ0) is 32.7. The van der Waals surface area contributed by atoms with Crippen LogP contribution in [0.1, 0.15) is 89.2 Å². The van der Waals surface area contributed by atoms with Gasteiger partial charge in [0.2, 0.25) is 11.8 Å². The molecular formula is C38H50N2O6. The fourth-order valence-corrected chi connectivity index (χ4v) is 6.35. The zero-order valence-electron chi connectivity index (χ0n) is 27.5. The van der Waals surface area contributed by atoms with Crippen LogP contribution in [0.15, 0.2) is 72.8 Å². The largest absolute Gasteiger partial charge is 0.459 e. The highest BCUT2D eigenvalue weighted by Crippen LogP contribution is 2.27. The predicted octanol–water partition coefficient (Wildman–Crippen LogP) is 6.62. The smallest absolute Gasteiger partial charge is 0.329 e. The van der Waals surface area contributed by atoms with Crippen molar-refractivity contribution in [2.45, 2.75) is 103 Å². The second-order valence-electron chi connectivity index (χ2n) is 12.4. The number of nitrogens with zero attached hydrogens (tertiary/aromatic N) is 2. The lowest BCUT2D eigenvalue weighted by Crippen LogP contribution is -2.44. The molecule has 4 atom stereocenters.